The Kier molecular flexibility index (Phi) is 5.59. The molecule has 1 aromatic carbocycles. The third-order valence-electron chi connectivity index (χ3n) is 5.97. The first-order chi connectivity index (χ1) is 13.2. The van der Waals surface area contributed by atoms with E-state index in [1.54, 1.807) is 0 Å². The number of nitrogens with one attached hydrogen (secondary N) is 1. The second kappa shape index (κ2) is 7.78. The van der Waals surface area contributed by atoms with Gasteiger partial charge in [0, 0.05) is 23.7 Å². The molecule has 1 aliphatic rings. The molecular formula is C22H29N3O3. The molecule has 0 unspecified atom stereocenters. The van der Waals surface area contributed by atoms with Crippen LogP contribution in [0.25, 0.3) is 5.69 Å². The Morgan fingerprint density at radius 2 is 1.93 bits per heavy atom. The second-order valence-electron chi connectivity index (χ2n) is 8.41. The van der Waals surface area contributed by atoms with Crippen molar-refractivity contribution in [2.45, 2.75) is 65.8 Å². The average molecular weight is 383 g/mol. The lowest BCUT2D eigenvalue weighted by molar-refractivity contribution is -0.136. The van der Waals surface area contributed by atoms with Gasteiger partial charge in [-0.25, -0.2) is 4.68 Å². The number of carboxylic acid groups (broad SMARTS) is 1. The maximum absolute atomic E-state index is 12.6. The summed E-state index contributed by atoms with van der Waals surface area (Å²) in [5.41, 5.74) is 4.38. The molecule has 1 atom stereocenters. The molecule has 1 saturated carbocycles. The molecule has 28 heavy (non-hydrogen) atoms. The number of carbonyl (C=O) groups excluding carboxylic acids is 1. The Hall–Kier alpha value is -2.63. The SMILES string of the molecule is Cc1nn(-c2ccc(C(=O)N[C@H]3CCCC3(C)C)cc2)c(C)c1CCC(=O)O. The monoisotopic (exact) mass is 383 g/mol. The summed E-state index contributed by atoms with van der Waals surface area (Å²) in [5.74, 6) is -0.852. The Bertz CT molecular complexity index is 881. The minimum absolute atomic E-state index is 0.0398. The largest absolute Gasteiger partial charge is 0.481 e. The van der Waals surface area contributed by atoms with E-state index in [9.17, 15) is 9.59 Å². The molecule has 6 nitrogen and oxygen atoms in total. The van der Waals surface area contributed by atoms with E-state index in [4.69, 9.17) is 5.11 Å². The fraction of sp³-hybridized carbons (Fsp3) is 0.500. The predicted molar refractivity (Wildman–Crippen MR) is 108 cm³/mol. The van der Waals surface area contributed by atoms with Crippen molar-refractivity contribution in [2.75, 3.05) is 0 Å². The molecule has 0 radical (unpaired) electrons. The number of hydrogen-bond acceptors (Lipinski definition) is 3. The van der Waals surface area contributed by atoms with Gasteiger partial charge in [-0.05, 0) is 68.4 Å². The van der Waals surface area contributed by atoms with Crippen molar-refractivity contribution in [3.63, 3.8) is 0 Å². The van der Waals surface area contributed by atoms with Gasteiger partial charge in [-0.3, -0.25) is 9.59 Å². The summed E-state index contributed by atoms with van der Waals surface area (Å²) >= 11 is 0. The maximum Gasteiger partial charge on any atom is 0.303 e. The first kappa shape index (κ1) is 20.1. The number of carbonyl (C=O) groups is 2. The summed E-state index contributed by atoms with van der Waals surface area (Å²) in [4.78, 5) is 23.5. The molecule has 2 aromatic rings. The molecule has 0 bridgehead atoms. The molecule has 1 aliphatic carbocycles. The number of nitrogens with zero attached hydrogens (tertiary/aromatic N) is 2. The lowest BCUT2D eigenvalue weighted by Gasteiger charge is -2.27. The average Bonchev–Trinajstić information content (AvgIpc) is 3.11. The zero-order chi connectivity index (χ0) is 20.5. The quantitative estimate of drug-likeness (QED) is 0.794. The van der Waals surface area contributed by atoms with Crippen LogP contribution in [0.3, 0.4) is 0 Å². The van der Waals surface area contributed by atoms with Crippen LogP contribution >= 0.6 is 0 Å². The van der Waals surface area contributed by atoms with Crippen LogP contribution in [0.4, 0.5) is 0 Å². The lowest BCUT2D eigenvalue weighted by atomic mass is 9.87. The van der Waals surface area contributed by atoms with Crippen molar-refractivity contribution in [1.82, 2.24) is 15.1 Å². The van der Waals surface area contributed by atoms with Crippen LogP contribution in [-0.2, 0) is 11.2 Å². The molecule has 2 N–H and O–H groups in total. The number of aromatic nitrogens is 2. The molecule has 6 heteroatoms. The molecule has 1 heterocycles. The molecule has 1 aromatic heterocycles. The predicted octanol–water partition coefficient (Wildman–Crippen LogP) is 3.81. The van der Waals surface area contributed by atoms with Gasteiger partial charge in [0.25, 0.3) is 5.91 Å². The van der Waals surface area contributed by atoms with Gasteiger partial charge >= 0.3 is 5.97 Å². The van der Waals surface area contributed by atoms with E-state index >= 15 is 0 Å². The number of aliphatic carboxylic acids is 1. The van der Waals surface area contributed by atoms with E-state index in [0.717, 1.165) is 41.9 Å². The van der Waals surface area contributed by atoms with Crippen LogP contribution in [0.1, 0.15) is 66.8 Å². The smallest absolute Gasteiger partial charge is 0.303 e. The van der Waals surface area contributed by atoms with Crippen LogP contribution in [0.15, 0.2) is 24.3 Å². The zero-order valence-corrected chi connectivity index (χ0v) is 17.1. The van der Waals surface area contributed by atoms with Gasteiger partial charge in [0.15, 0.2) is 0 Å². The molecule has 0 saturated heterocycles. The van der Waals surface area contributed by atoms with E-state index in [0.29, 0.717) is 12.0 Å². The van der Waals surface area contributed by atoms with Gasteiger partial charge in [-0.15, -0.1) is 0 Å². The third-order valence-corrected chi connectivity index (χ3v) is 5.97. The maximum atomic E-state index is 12.6. The first-order valence-corrected chi connectivity index (χ1v) is 9.87. The molecule has 150 valence electrons. The third kappa shape index (κ3) is 4.11. The number of aryl methyl sites for hydroxylation is 1. The summed E-state index contributed by atoms with van der Waals surface area (Å²) in [6.07, 6.45) is 3.87. The highest BCUT2D eigenvalue weighted by Crippen LogP contribution is 2.37. The number of hydrogen-bond donors (Lipinski definition) is 2. The summed E-state index contributed by atoms with van der Waals surface area (Å²) in [5, 5.41) is 16.7. The van der Waals surface area contributed by atoms with Crippen LogP contribution in [0.5, 0.6) is 0 Å². The summed E-state index contributed by atoms with van der Waals surface area (Å²) < 4.78 is 1.81. The van der Waals surface area contributed by atoms with Gasteiger partial charge in [-0.2, -0.15) is 5.10 Å². The van der Waals surface area contributed by atoms with Crippen molar-refractivity contribution < 1.29 is 14.7 Å². The van der Waals surface area contributed by atoms with Crippen molar-refractivity contribution >= 4 is 11.9 Å². The Morgan fingerprint density at radius 1 is 1.25 bits per heavy atom. The second-order valence-corrected chi connectivity index (χ2v) is 8.41. The fourth-order valence-electron chi connectivity index (χ4n) is 4.11. The zero-order valence-electron chi connectivity index (χ0n) is 17.1. The van der Waals surface area contributed by atoms with E-state index in [-0.39, 0.29) is 23.8 Å². The molecule has 1 amide bonds. The van der Waals surface area contributed by atoms with Gasteiger partial charge in [0.2, 0.25) is 0 Å². The van der Waals surface area contributed by atoms with Crippen LogP contribution in [0.2, 0.25) is 0 Å². The van der Waals surface area contributed by atoms with E-state index in [2.05, 4.69) is 24.3 Å². The van der Waals surface area contributed by atoms with Crippen LogP contribution in [-0.4, -0.2) is 32.8 Å². The number of rotatable bonds is 6. The van der Waals surface area contributed by atoms with Crippen molar-refractivity contribution in [3.8, 4) is 5.69 Å². The first-order valence-electron chi connectivity index (χ1n) is 9.87. The highest BCUT2D eigenvalue weighted by molar-refractivity contribution is 5.94. The Labute approximate surface area is 166 Å². The number of benzene rings is 1. The highest BCUT2D eigenvalue weighted by atomic mass is 16.4. The topological polar surface area (TPSA) is 84.2 Å². The molecule has 0 spiro atoms. The van der Waals surface area contributed by atoms with Crippen LogP contribution < -0.4 is 5.32 Å². The Morgan fingerprint density at radius 3 is 2.50 bits per heavy atom. The Balaban J connectivity index is 1.75. The van der Waals surface area contributed by atoms with E-state index in [1.807, 2.05) is 42.8 Å². The van der Waals surface area contributed by atoms with E-state index in [1.165, 1.54) is 0 Å². The van der Waals surface area contributed by atoms with Crippen LogP contribution in [0, 0.1) is 19.3 Å². The normalized spacial score (nSPS) is 18.2. The minimum Gasteiger partial charge on any atom is -0.481 e. The van der Waals surface area contributed by atoms with Gasteiger partial charge in [0.05, 0.1) is 11.4 Å². The minimum atomic E-state index is -0.813. The fourth-order valence-corrected chi connectivity index (χ4v) is 4.11. The van der Waals surface area contributed by atoms with Gasteiger partial charge in [-0.1, -0.05) is 20.3 Å². The van der Waals surface area contributed by atoms with E-state index < -0.39 is 5.97 Å². The summed E-state index contributed by atoms with van der Waals surface area (Å²) in [7, 11) is 0. The summed E-state index contributed by atoms with van der Waals surface area (Å²) in [6, 6.07) is 7.62. The molecule has 1 fully saturated rings. The summed E-state index contributed by atoms with van der Waals surface area (Å²) in [6.45, 7) is 8.25. The van der Waals surface area contributed by atoms with Gasteiger partial charge in [0.1, 0.15) is 0 Å². The van der Waals surface area contributed by atoms with Crippen molar-refractivity contribution in [3.05, 3.63) is 46.8 Å². The molecule has 0 aliphatic heterocycles. The molecule has 3 rings (SSSR count). The standard InChI is InChI=1S/C22H29N3O3/c1-14-18(11-12-20(26)27)15(2)25(24-14)17-9-7-16(8-10-17)21(28)23-19-6-5-13-22(19,3)4/h7-10,19H,5-6,11-13H2,1-4H3,(H,23,28)(H,26,27)/t19-/m0/s1. The number of carboxylic acids is 1. The van der Waals surface area contributed by atoms with Crippen molar-refractivity contribution in [2.24, 2.45) is 5.41 Å². The van der Waals surface area contributed by atoms with Gasteiger partial charge < -0.3 is 10.4 Å². The number of amides is 1. The highest BCUT2D eigenvalue weighted by Gasteiger charge is 2.35. The van der Waals surface area contributed by atoms with Crippen molar-refractivity contribution in [1.29, 1.82) is 0 Å². The lowest BCUT2D eigenvalue weighted by Crippen LogP contribution is -2.41. The molecular weight excluding hydrogens is 354 g/mol.